The van der Waals surface area contributed by atoms with Crippen LogP contribution in [0.4, 0.5) is 0 Å². The van der Waals surface area contributed by atoms with Crippen LogP contribution >= 0.6 is 11.3 Å². The van der Waals surface area contributed by atoms with Crippen molar-refractivity contribution < 1.29 is 9.53 Å². The molecule has 2 aliphatic rings. The van der Waals surface area contributed by atoms with E-state index in [1.54, 1.807) is 22.2 Å². The van der Waals surface area contributed by atoms with Crippen LogP contribution < -0.4 is 5.56 Å². The molecule has 1 saturated heterocycles. The highest BCUT2D eigenvalue weighted by Crippen LogP contribution is 2.33. The third-order valence-corrected chi connectivity index (χ3v) is 6.89. The van der Waals surface area contributed by atoms with Crippen LogP contribution in [0.2, 0.25) is 0 Å². The zero-order valence-corrected chi connectivity index (χ0v) is 16.7. The number of aromatic nitrogens is 2. The number of rotatable bonds is 6. The molecule has 3 heterocycles. The fourth-order valence-electron chi connectivity index (χ4n) is 4.16. The van der Waals surface area contributed by atoms with E-state index in [0.29, 0.717) is 26.1 Å². The zero-order chi connectivity index (χ0) is 18.8. The molecule has 0 unspecified atom stereocenters. The van der Waals surface area contributed by atoms with E-state index >= 15 is 0 Å². The number of amides is 1. The van der Waals surface area contributed by atoms with E-state index < -0.39 is 0 Å². The molecule has 4 rings (SSSR count). The molecule has 1 amide bonds. The number of aryl methyl sites for hydroxylation is 3. The predicted molar refractivity (Wildman–Crippen MR) is 106 cm³/mol. The van der Waals surface area contributed by atoms with Gasteiger partial charge in [-0.15, -0.1) is 11.3 Å². The van der Waals surface area contributed by atoms with Crippen LogP contribution in [0.25, 0.3) is 10.2 Å². The molecule has 0 aromatic carbocycles. The van der Waals surface area contributed by atoms with E-state index in [0.717, 1.165) is 48.9 Å². The van der Waals surface area contributed by atoms with Gasteiger partial charge in [-0.2, -0.15) is 0 Å². The Bertz CT molecular complexity index is 882. The summed E-state index contributed by atoms with van der Waals surface area (Å²) in [7, 11) is 0. The Balaban J connectivity index is 1.47. The smallest absolute Gasteiger partial charge is 0.262 e. The first kappa shape index (κ1) is 18.6. The molecule has 2 aromatic rings. The van der Waals surface area contributed by atoms with Crippen molar-refractivity contribution in [3.63, 3.8) is 0 Å². The van der Waals surface area contributed by atoms with Gasteiger partial charge in [0.05, 0.1) is 17.8 Å². The third-order valence-electron chi connectivity index (χ3n) is 5.69. The van der Waals surface area contributed by atoms with Crippen molar-refractivity contribution in [1.29, 1.82) is 0 Å². The van der Waals surface area contributed by atoms with E-state index in [4.69, 9.17) is 4.74 Å². The Morgan fingerprint density at radius 2 is 2.22 bits per heavy atom. The van der Waals surface area contributed by atoms with Gasteiger partial charge in [0.1, 0.15) is 4.83 Å². The number of fused-ring (bicyclic) bond motifs is 3. The minimum Gasteiger partial charge on any atom is -0.376 e. The quantitative estimate of drug-likeness (QED) is 0.762. The minimum atomic E-state index is 0.00868. The van der Waals surface area contributed by atoms with Gasteiger partial charge in [-0.1, -0.05) is 0 Å². The van der Waals surface area contributed by atoms with E-state index in [1.807, 2.05) is 11.8 Å². The van der Waals surface area contributed by atoms with Crippen LogP contribution in [0.3, 0.4) is 0 Å². The maximum absolute atomic E-state index is 13.0. The normalized spacial score (nSPS) is 19.4. The van der Waals surface area contributed by atoms with Crippen molar-refractivity contribution in [2.45, 2.75) is 64.5 Å². The number of nitrogens with zero attached hydrogens (tertiary/aromatic N) is 3. The summed E-state index contributed by atoms with van der Waals surface area (Å²) >= 11 is 1.66. The fraction of sp³-hybridized carbons (Fsp3) is 0.650. The second kappa shape index (κ2) is 8.10. The van der Waals surface area contributed by atoms with Gasteiger partial charge < -0.3 is 9.64 Å². The van der Waals surface area contributed by atoms with Crippen LogP contribution in [-0.4, -0.2) is 46.2 Å². The van der Waals surface area contributed by atoms with Gasteiger partial charge in [0.25, 0.3) is 5.56 Å². The van der Waals surface area contributed by atoms with Gasteiger partial charge in [0, 0.05) is 37.5 Å². The standard InChI is InChI=1S/C20H27N3O3S/c1-2-22(12-14-6-5-11-26-14)17(24)9-10-23-13-21-19-18(20(23)25)15-7-3-4-8-16(15)27-19/h13-14H,2-12H2,1H3/t14-/m1/s1. The maximum atomic E-state index is 13.0. The van der Waals surface area contributed by atoms with Crippen molar-refractivity contribution in [2.24, 2.45) is 0 Å². The SMILES string of the molecule is CCN(C[C@H]1CCCO1)C(=O)CCn1cnc2sc3c(c2c1=O)CCCC3. The predicted octanol–water partition coefficient (Wildman–Crippen LogP) is 2.75. The van der Waals surface area contributed by atoms with Crippen LogP contribution in [0.1, 0.15) is 49.5 Å². The zero-order valence-electron chi connectivity index (χ0n) is 15.9. The lowest BCUT2D eigenvalue weighted by atomic mass is 9.97. The lowest BCUT2D eigenvalue weighted by Crippen LogP contribution is -2.38. The molecule has 0 bridgehead atoms. The van der Waals surface area contributed by atoms with E-state index in [9.17, 15) is 9.59 Å². The van der Waals surface area contributed by atoms with Gasteiger partial charge in [-0.3, -0.25) is 14.2 Å². The van der Waals surface area contributed by atoms with Crippen LogP contribution in [0.5, 0.6) is 0 Å². The molecular formula is C20H27N3O3S. The number of carbonyl (C=O) groups excluding carboxylic acids is 1. The van der Waals surface area contributed by atoms with Gasteiger partial charge in [0.15, 0.2) is 0 Å². The molecule has 1 fully saturated rings. The summed E-state index contributed by atoms with van der Waals surface area (Å²) in [5, 5.41) is 0.788. The Hall–Kier alpha value is -1.73. The average Bonchev–Trinajstić information content (AvgIpc) is 3.32. The highest BCUT2D eigenvalue weighted by molar-refractivity contribution is 7.18. The summed E-state index contributed by atoms with van der Waals surface area (Å²) in [5.74, 6) is 0.0762. The molecule has 146 valence electrons. The molecule has 1 aliphatic heterocycles. The van der Waals surface area contributed by atoms with Crippen LogP contribution in [0, 0.1) is 0 Å². The molecule has 0 saturated carbocycles. The largest absolute Gasteiger partial charge is 0.376 e. The highest BCUT2D eigenvalue weighted by atomic mass is 32.1. The fourth-order valence-corrected chi connectivity index (χ4v) is 5.38. The van der Waals surface area contributed by atoms with Crippen LogP contribution in [-0.2, 0) is 28.9 Å². The molecule has 27 heavy (non-hydrogen) atoms. The molecule has 6 nitrogen and oxygen atoms in total. The number of hydrogen-bond acceptors (Lipinski definition) is 5. The van der Waals surface area contributed by atoms with Gasteiger partial charge in [-0.05, 0) is 51.0 Å². The average molecular weight is 390 g/mol. The Kier molecular flexibility index (Phi) is 5.59. The number of likely N-dealkylation sites (N-methyl/N-ethyl adjacent to an activating group) is 1. The van der Waals surface area contributed by atoms with E-state index in [2.05, 4.69) is 4.98 Å². The van der Waals surface area contributed by atoms with Crippen molar-refractivity contribution in [3.05, 3.63) is 27.1 Å². The second-order valence-corrected chi connectivity index (χ2v) is 8.54. The summed E-state index contributed by atoms with van der Waals surface area (Å²) in [6.07, 6.45) is 8.54. The summed E-state index contributed by atoms with van der Waals surface area (Å²) in [4.78, 5) is 34.1. The summed E-state index contributed by atoms with van der Waals surface area (Å²) in [5.41, 5.74) is 1.21. The first-order valence-corrected chi connectivity index (χ1v) is 10.9. The van der Waals surface area contributed by atoms with Crippen LogP contribution in [0.15, 0.2) is 11.1 Å². The Labute approximate surface area is 163 Å². The molecular weight excluding hydrogens is 362 g/mol. The molecule has 7 heteroatoms. The molecule has 1 aliphatic carbocycles. The first-order chi connectivity index (χ1) is 13.2. The second-order valence-electron chi connectivity index (χ2n) is 7.45. The highest BCUT2D eigenvalue weighted by Gasteiger charge is 2.23. The van der Waals surface area contributed by atoms with Crippen molar-refractivity contribution in [3.8, 4) is 0 Å². The number of ether oxygens (including phenoxy) is 1. The first-order valence-electron chi connectivity index (χ1n) is 10.1. The van der Waals surface area contributed by atoms with Crippen molar-refractivity contribution in [1.82, 2.24) is 14.5 Å². The lowest BCUT2D eigenvalue weighted by molar-refractivity contribution is -0.132. The third kappa shape index (κ3) is 3.80. The van der Waals surface area contributed by atoms with Crippen molar-refractivity contribution in [2.75, 3.05) is 19.7 Å². The van der Waals surface area contributed by atoms with E-state index in [1.165, 1.54) is 16.9 Å². The van der Waals surface area contributed by atoms with Crippen molar-refractivity contribution >= 4 is 27.5 Å². The summed E-state index contributed by atoms with van der Waals surface area (Å²) in [6.45, 7) is 4.49. The molecule has 1 atom stereocenters. The Morgan fingerprint density at radius 3 is 3.00 bits per heavy atom. The lowest BCUT2D eigenvalue weighted by Gasteiger charge is -2.24. The van der Waals surface area contributed by atoms with E-state index in [-0.39, 0.29) is 17.6 Å². The monoisotopic (exact) mass is 389 g/mol. The number of hydrogen-bond donors (Lipinski definition) is 0. The molecule has 0 radical (unpaired) electrons. The number of thiophene rings is 1. The van der Waals surface area contributed by atoms with Gasteiger partial charge in [0.2, 0.25) is 5.91 Å². The number of carbonyl (C=O) groups is 1. The molecule has 0 spiro atoms. The minimum absolute atomic E-state index is 0.00868. The maximum Gasteiger partial charge on any atom is 0.262 e. The van der Waals surface area contributed by atoms with Gasteiger partial charge >= 0.3 is 0 Å². The summed E-state index contributed by atoms with van der Waals surface area (Å²) < 4.78 is 7.26. The molecule has 0 N–H and O–H groups in total. The van der Waals surface area contributed by atoms with Gasteiger partial charge in [-0.25, -0.2) is 4.98 Å². The topological polar surface area (TPSA) is 64.4 Å². The molecule has 2 aromatic heterocycles. The summed E-state index contributed by atoms with van der Waals surface area (Å²) in [6, 6.07) is 0. The Morgan fingerprint density at radius 1 is 1.37 bits per heavy atom.